The number of hydrogen-bond donors (Lipinski definition) is 2. The van der Waals surface area contributed by atoms with Crippen molar-refractivity contribution in [2.24, 2.45) is 0 Å². The summed E-state index contributed by atoms with van der Waals surface area (Å²) in [6, 6.07) is 2.83. The van der Waals surface area contributed by atoms with Crippen LogP contribution in [0.2, 0.25) is 0 Å². The molecule has 86 valence electrons. The zero-order valence-corrected chi connectivity index (χ0v) is 10.3. The number of benzene rings is 1. The minimum Gasteiger partial charge on any atom is -0.506 e. The Morgan fingerprint density at radius 2 is 2.06 bits per heavy atom. The van der Waals surface area contributed by atoms with Crippen LogP contribution >= 0.6 is 15.9 Å². The number of nitrogens with one attached hydrogen (secondary N) is 1. The average Bonchev–Trinajstić information content (AvgIpc) is 2.21. The fourth-order valence-corrected chi connectivity index (χ4v) is 1.60. The SMILES string of the molecule is COC(=O)c1cc(NC(C)=O)cc(Br)c1O. The molecule has 1 amide bonds. The minimum absolute atomic E-state index is 0.0133. The van der Waals surface area contributed by atoms with Crippen LogP contribution in [0.3, 0.4) is 0 Å². The molecule has 0 heterocycles. The molecule has 0 aliphatic rings. The standard InChI is InChI=1S/C10H10BrNO4/c1-5(13)12-6-3-7(10(15)16-2)9(14)8(11)4-6/h3-4,14H,1-2H3,(H,12,13). The highest BCUT2D eigenvalue weighted by Crippen LogP contribution is 2.32. The molecule has 0 radical (unpaired) electrons. The third-order valence-electron chi connectivity index (χ3n) is 1.79. The number of rotatable bonds is 2. The number of carbonyl (C=O) groups is 2. The van der Waals surface area contributed by atoms with Gasteiger partial charge in [-0.05, 0) is 28.1 Å². The maximum Gasteiger partial charge on any atom is 0.341 e. The number of esters is 1. The summed E-state index contributed by atoms with van der Waals surface area (Å²) >= 11 is 3.08. The van der Waals surface area contributed by atoms with E-state index in [9.17, 15) is 14.7 Å². The van der Waals surface area contributed by atoms with Crippen LogP contribution < -0.4 is 5.32 Å². The monoisotopic (exact) mass is 287 g/mol. The molecule has 0 aliphatic heterocycles. The second-order valence-electron chi connectivity index (χ2n) is 3.03. The van der Waals surface area contributed by atoms with Gasteiger partial charge >= 0.3 is 5.97 Å². The third kappa shape index (κ3) is 2.73. The molecule has 1 rings (SSSR count). The zero-order valence-electron chi connectivity index (χ0n) is 8.70. The lowest BCUT2D eigenvalue weighted by atomic mass is 10.2. The van der Waals surface area contributed by atoms with Gasteiger partial charge in [-0.1, -0.05) is 0 Å². The first-order valence-corrected chi connectivity index (χ1v) is 5.13. The van der Waals surface area contributed by atoms with Crippen molar-refractivity contribution >= 4 is 33.5 Å². The summed E-state index contributed by atoms with van der Waals surface area (Å²) in [5.74, 6) is -1.17. The molecule has 0 unspecified atom stereocenters. The lowest BCUT2D eigenvalue weighted by Crippen LogP contribution is -2.08. The highest BCUT2D eigenvalue weighted by atomic mass is 79.9. The predicted octanol–water partition coefficient (Wildman–Crippen LogP) is 1.90. The van der Waals surface area contributed by atoms with E-state index in [0.717, 1.165) is 0 Å². The minimum atomic E-state index is -0.676. The summed E-state index contributed by atoms with van der Waals surface area (Å²) < 4.78 is 4.80. The lowest BCUT2D eigenvalue weighted by Gasteiger charge is -2.08. The molecule has 0 spiro atoms. The summed E-state index contributed by atoms with van der Waals surface area (Å²) in [5, 5.41) is 12.1. The number of anilines is 1. The second kappa shape index (κ2) is 4.98. The quantitative estimate of drug-likeness (QED) is 0.643. The molecule has 1 aromatic rings. The number of methoxy groups -OCH3 is 1. The molecule has 0 aromatic heterocycles. The number of halogens is 1. The van der Waals surface area contributed by atoms with E-state index in [2.05, 4.69) is 26.0 Å². The van der Waals surface area contributed by atoms with E-state index in [1.807, 2.05) is 0 Å². The number of hydrogen-bond acceptors (Lipinski definition) is 4. The van der Waals surface area contributed by atoms with Gasteiger partial charge < -0.3 is 15.2 Å². The Labute approximate surface area is 101 Å². The predicted molar refractivity (Wildman–Crippen MR) is 61.5 cm³/mol. The lowest BCUT2D eigenvalue weighted by molar-refractivity contribution is -0.114. The second-order valence-corrected chi connectivity index (χ2v) is 3.88. The van der Waals surface area contributed by atoms with Crippen molar-refractivity contribution in [2.75, 3.05) is 12.4 Å². The van der Waals surface area contributed by atoms with E-state index in [1.54, 1.807) is 0 Å². The van der Waals surface area contributed by atoms with Gasteiger partial charge in [0, 0.05) is 12.6 Å². The van der Waals surface area contributed by atoms with Crippen LogP contribution in [0.1, 0.15) is 17.3 Å². The molecular formula is C10H10BrNO4. The fraction of sp³-hybridized carbons (Fsp3) is 0.200. The molecule has 0 saturated heterocycles. The molecular weight excluding hydrogens is 278 g/mol. The Hall–Kier alpha value is -1.56. The normalized spacial score (nSPS) is 9.69. The molecule has 16 heavy (non-hydrogen) atoms. The number of carbonyl (C=O) groups excluding carboxylic acids is 2. The molecule has 6 heteroatoms. The Morgan fingerprint density at radius 1 is 1.44 bits per heavy atom. The van der Waals surface area contributed by atoms with Crippen LogP contribution in [-0.2, 0) is 9.53 Å². The van der Waals surface area contributed by atoms with Gasteiger partial charge in [-0.2, -0.15) is 0 Å². The van der Waals surface area contributed by atoms with Crippen LogP contribution in [0.25, 0.3) is 0 Å². The molecule has 5 nitrogen and oxygen atoms in total. The Balaban J connectivity index is 3.21. The molecule has 0 atom stereocenters. The Kier molecular flexibility index (Phi) is 3.89. The van der Waals surface area contributed by atoms with Gasteiger partial charge in [-0.15, -0.1) is 0 Å². The zero-order chi connectivity index (χ0) is 12.3. The summed E-state index contributed by atoms with van der Waals surface area (Å²) in [7, 11) is 1.21. The van der Waals surface area contributed by atoms with Crippen molar-refractivity contribution in [3.63, 3.8) is 0 Å². The topological polar surface area (TPSA) is 75.6 Å². The molecule has 0 aliphatic carbocycles. The first-order valence-electron chi connectivity index (χ1n) is 4.34. The molecule has 0 saturated carbocycles. The van der Waals surface area contributed by atoms with Crippen LogP contribution in [0, 0.1) is 0 Å². The van der Waals surface area contributed by atoms with Gasteiger partial charge in [0.2, 0.25) is 5.91 Å². The first-order chi connectivity index (χ1) is 7.45. The Morgan fingerprint density at radius 3 is 2.56 bits per heavy atom. The smallest absolute Gasteiger partial charge is 0.341 e. The van der Waals surface area contributed by atoms with E-state index < -0.39 is 5.97 Å². The largest absolute Gasteiger partial charge is 0.506 e. The van der Waals surface area contributed by atoms with Crippen molar-refractivity contribution in [1.82, 2.24) is 0 Å². The van der Waals surface area contributed by atoms with Gasteiger partial charge in [0.1, 0.15) is 11.3 Å². The van der Waals surface area contributed by atoms with Gasteiger partial charge in [0.05, 0.1) is 11.6 Å². The summed E-state index contributed by atoms with van der Waals surface area (Å²) in [6.07, 6.45) is 0. The summed E-state index contributed by atoms with van der Waals surface area (Å²) in [6.45, 7) is 1.35. The van der Waals surface area contributed by atoms with Crippen molar-refractivity contribution in [3.8, 4) is 5.75 Å². The highest BCUT2D eigenvalue weighted by Gasteiger charge is 2.16. The van der Waals surface area contributed by atoms with Crippen molar-refractivity contribution in [3.05, 3.63) is 22.2 Å². The van der Waals surface area contributed by atoms with Gasteiger partial charge in [0.15, 0.2) is 0 Å². The van der Waals surface area contributed by atoms with Crippen molar-refractivity contribution < 1.29 is 19.4 Å². The fourth-order valence-electron chi connectivity index (χ4n) is 1.14. The summed E-state index contributed by atoms with van der Waals surface area (Å²) in [5.41, 5.74) is 0.387. The highest BCUT2D eigenvalue weighted by molar-refractivity contribution is 9.10. The van der Waals surface area contributed by atoms with Crippen molar-refractivity contribution in [2.45, 2.75) is 6.92 Å². The maximum atomic E-state index is 11.3. The number of amides is 1. The first kappa shape index (κ1) is 12.5. The Bertz CT molecular complexity index is 445. The van der Waals surface area contributed by atoms with Crippen LogP contribution in [-0.4, -0.2) is 24.1 Å². The van der Waals surface area contributed by atoms with E-state index in [0.29, 0.717) is 10.2 Å². The number of phenolic OH excluding ortho intramolecular Hbond substituents is 1. The van der Waals surface area contributed by atoms with E-state index in [1.165, 1.54) is 26.2 Å². The third-order valence-corrected chi connectivity index (χ3v) is 2.39. The van der Waals surface area contributed by atoms with Gasteiger partial charge in [-0.3, -0.25) is 4.79 Å². The molecule has 1 aromatic carbocycles. The van der Waals surface area contributed by atoms with Crippen molar-refractivity contribution in [1.29, 1.82) is 0 Å². The molecule has 2 N–H and O–H groups in total. The number of ether oxygens (including phenoxy) is 1. The maximum absolute atomic E-state index is 11.3. The molecule has 0 bridgehead atoms. The summed E-state index contributed by atoms with van der Waals surface area (Å²) in [4.78, 5) is 22.2. The van der Waals surface area contributed by atoms with E-state index in [4.69, 9.17) is 0 Å². The number of aromatic hydroxyl groups is 1. The van der Waals surface area contributed by atoms with E-state index >= 15 is 0 Å². The van der Waals surface area contributed by atoms with Gasteiger partial charge in [0.25, 0.3) is 0 Å². The van der Waals surface area contributed by atoms with Crippen LogP contribution in [0.5, 0.6) is 5.75 Å². The van der Waals surface area contributed by atoms with Gasteiger partial charge in [-0.25, -0.2) is 4.79 Å². The van der Waals surface area contributed by atoms with E-state index in [-0.39, 0.29) is 17.2 Å². The van der Waals surface area contributed by atoms with Crippen LogP contribution in [0.4, 0.5) is 5.69 Å². The number of phenols is 1. The van der Waals surface area contributed by atoms with Crippen LogP contribution in [0.15, 0.2) is 16.6 Å². The average molecular weight is 288 g/mol. The molecule has 0 fully saturated rings.